The zero-order valence-corrected chi connectivity index (χ0v) is 11.7. The molecule has 1 saturated carbocycles. The first-order valence-electron chi connectivity index (χ1n) is 6.62. The van der Waals surface area contributed by atoms with Gasteiger partial charge >= 0.3 is 0 Å². The third-order valence-corrected chi connectivity index (χ3v) is 4.02. The van der Waals surface area contributed by atoms with E-state index in [1.54, 1.807) is 0 Å². The van der Waals surface area contributed by atoms with E-state index >= 15 is 0 Å². The Labute approximate surface area is 109 Å². The summed E-state index contributed by atoms with van der Waals surface area (Å²) in [5.74, 6) is 0.839. The van der Waals surface area contributed by atoms with Crippen LogP contribution in [0, 0.1) is 12.8 Å². The number of halogens is 1. The first-order valence-corrected chi connectivity index (χ1v) is 7.00. The molecule has 1 aromatic rings. The molecule has 0 aromatic carbocycles. The van der Waals surface area contributed by atoms with Gasteiger partial charge in [-0.1, -0.05) is 18.5 Å². The molecular formula is C13H22ClN3. The van der Waals surface area contributed by atoms with E-state index in [0.29, 0.717) is 6.04 Å². The molecule has 1 atom stereocenters. The van der Waals surface area contributed by atoms with Gasteiger partial charge in [-0.05, 0) is 39.2 Å². The van der Waals surface area contributed by atoms with E-state index in [1.165, 1.54) is 18.5 Å². The van der Waals surface area contributed by atoms with E-state index in [2.05, 4.69) is 24.3 Å². The molecule has 1 aromatic heterocycles. The summed E-state index contributed by atoms with van der Waals surface area (Å²) in [5, 5.41) is 8.92. The lowest BCUT2D eigenvalue weighted by molar-refractivity contribution is 0.455. The van der Waals surface area contributed by atoms with Crippen molar-refractivity contribution in [1.82, 2.24) is 15.1 Å². The molecule has 1 N–H and O–H groups in total. The lowest BCUT2D eigenvalue weighted by Gasteiger charge is -2.18. The number of aromatic nitrogens is 2. The lowest BCUT2D eigenvalue weighted by atomic mass is 10.1. The monoisotopic (exact) mass is 255 g/mol. The summed E-state index contributed by atoms with van der Waals surface area (Å²) in [6.45, 7) is 8.19. The quantitative estimate of drug-likeness (QED) is 0.847. The van der Waals surface area contributed by atoms with Gasteiger partial charge in [0.2, 0.25) is 0 Å². The van der Waals surface area contributed by atoms with Gasteiger partial charge in [0.1, 0.15) is 0 Å². The second-order valence-corrected chi connectivity index (χ2v) is 5.25. The molecule has 1 fully saturated rings. The Morgan fingerprint density at radius 1 is 1.47 bits per heavy atom. The van der Waals surface area contributed by atoms with Crippen LogP contribution in [0.4, 0.5) is 0 Å². The topological polar surface area (TPSA) is 29.9 Å². The smallest absolute Gasteiger partial charge is 0.0847 e. The summed E-state index contributed by atoms with van der Waals surface area (Å²) in [4.78, 5) is 0. The van der Waals surface area contributed by atoms with Crippen LogP contribution in [-0.2, 0) is 13.0 Å². The molecule has 1 aliphatic rings. The maximum Gasteiger partial charge on any atom is 0.0847 e. The molecule has 0 saturated heterocycles. The van der Waals surface area contributed by atoms with Gasteiger partial charge in [0.15, 0.2) is 0 Å². The minimum atomic E-state index is 0.568. The van der Waals surface area contributed by atoms with Crippen LogP contribution in [0.1, 0.15) is 38.1 Å². The predicted molar refractivity (Wildman–Crippen MR) is 71.5 cm³/mol. The molecule has 0 bridgehead atoms. The number of aryl methyl sites for hydroxylation is 2. The minimum absolute atomic E-state index is 0.568. The van der Waals surface area contributed by atoms with Gasteiger partial charge in [-0.15, -0.1) is 0 Å². The Kier molecular flexibility index (Phi) is 4.10. The molecule has 1 aliphatic carbocycles. The maximum atomic E-state index is 6.35. The molecule has 4 heteroatoms. The third-order valence-electron chi connectivity index (χ3n) is 3.52. The van der Waals surface area contributed by atoms with Crippen molar-refractivity contribution in [1.29, 1.82) is 0 Å². The highest BCUT2D eigenvalue weighted by Crippen LogP contribution is 2.35. The second-order valence-electron chi connectivity index (χ2n) is 4.87. The van der Waals surface area contributed by atoms with E-state index in [0.717, 1.165) is 36.1 Å². The number of nitrogens with one attached hydrogen (secondary N) is 1. The molecule has 0 aliphatic heterocycles. The van der Waals surface area contributed by atoms with Crippen molar-refractivity contribution >= 4 is 11.6 Å². The van der Waals surface area contributed by atoms with Crippen molar-refractivity contribution in [2.45, 2.75) is 52.6 Å². The van der Waals surface area contributed by atoms with Gasteiger partial charge in [0.25, 0.3) is 0 Å². The Morgan fingerprint density at radius 2 is 2.18 bits per heavy atom. The van der Waals surface area contributed by atoms with Crippen LogP contribution >= 0.6 is 11.6 Å². The maximum absolute atomic E-state index is 6.35. The lowest BCUT2D eigenvalue weighted by Crippen LogP contribution is -2.33. The van der Waals surface area contributed by atoms with Crippen molar-refractivity contribution in [2.24, 2.45) is 5.92 Å². The fourth-order valence-corrected chi connectivity index (χ4v) is 2.65. The molecule has 0 spiro atoms. The van der Waals surface area contributed by atoms with Crippen LogP contribution < -0.4 is 5.32 Å². The summed E-state index contributed by atoms with van der Waals surface area (Å²) >= 11 is 6.35. The normalized spacial score (nSPS) is 17.4. The number of likely N-dealkylation sites (N-methyl/N-ethyl adjacent to an activating group) is 1. The molecule has 2 rings (SSSR count). The van der Waals surface area contributed by atoms with Crippen molar-refractivity contribution < 1.29 is 0 Å². The highest BCUT2D eigenvalue weighted by atomic mass is 35.5. The van der Waals surface area contributed by atoms with Crippen molar-refractivity contribution in [3.8, 4) is 0 Å². The summed E-state index contributed by atoms with van der Waals surface area (Å²) in [7, 11) is 0. The number of hydrogen-bond acceptors (Lipinski definition) is 2. The van der Waals surface area contributed by atoms with Gasteiger partial charge in [-0.25, -0.2) is 0 Å². The molecule has 0 amide bonds. The Morgan fingerprint density at radius 3 is 2.71 bits per heavy atom. The van der Waals surface area contributed by atoms with E-state index in [9.17, 15) is 0 Å². The second kappa shape index (κ2) is 5.40. The Balaban J connectivity index is 2.15. The minimum Gasteiger partial charge on any atom is -0.314 e. The third kappa shape index (κ3) is 2.83. The fourth-order valence-electron chi connectivity index (χ4n) is 2.44. The molecule has 1 heterocycles. The zero-order valence-electron chi connectivity index (χ0n) is 11.0. The van der Waals surface area contributed by atoms with Crippen LogP contribution in [0.15, 0.2) is 0 Å². The number of nitrogens with zero attached hydrogens (tertiary/aromatic N) is 2. The van der Waals surface area contributed by atoms with Gasteiger partial charge in [-0.3, -0.25) is 4.68 Å². The molecular weight excluding hydrogens is 234 g/mol. The SMILES string of the molecule is CCNC(Cc1c(Cl)c(C)nn1CC)C1CC1. The predicted octanol–water partition coefficient (Wildman–Crippen LogP) is 2.80. The van der Waals surface area contributed by atoms with Crippen LogP contribution in [-0.4, -0.2) is 22.4 Å². The molecule has 1 unspecified atom stereocenters. The van der Waals surface area contributed by atoms with E-state index < -0.39 is 0 Å². The summed E-state index contributed by atoms with van der Waals surface area (Å²) in [5.41, 5.74) is 2.15. The molecule has 3 nitrogen and oxygen atoms in total. The van der Waals surface area contributed by atoms with Gasteiger partial charge < -0.3 is 5.32 Å². The molecule has 96 valence electrons. The Hall–Kier alpha value is -0.540. The fraction of sp³-hybridized carbons (Fsp3) is 0.769. The summed E-state index contributed by atoms with van der Waals surface area (Å²) in [6.07, 6.45) is 3.72. The average molecular weight is 256 g/mol. The van der Waals surface area contributed by atoms with Crippen LogP contribution in [0.5, 0.6) is 0 Å². The highest BCUT2D eigenvalue weighted by Gasteiger charge is 2.32. The van der Waals surface area contributed by atoms with Gasteiger partial charge in [-0.2, -0.15) is 5.10 Å². The van der Waals surface area contributed by atoms with Gasteiger partial charge in [0, 0.05) is 19.0 Å². The summed E-state index contributed by atoms with van der Waals surface area (Å²) in [6, 6.07) is 0.568. The van der Waals surface area contributed by atoms with Crippen molar-refractivity contribution in [3.05, 3.63) is 16.4 Å². The first-order chi connectivity index (χ1) is 8.17. The average Bonchev–Trinajstić information content (AvgIpc) is 3.11. The number of rotatable bonds is 6. The first kappa shape index (κ1) is 12.9. The zero-order chi connectivity index (χ0) is 12.4. The Bertz CT molecular complexity index is 382. The van der Waals surface area contributed by atoms with Crippen molar-refractivity contribution in [3.63, 3.8) is 0 Å². The standard InChI is InChI=1S/C13H22ClN3/c1-4-15-11(10-6-7-10)8-12-13(14)9(3)16-17(12)5-2/h10-11,15H,4-8H2,1-3H3. The molecule has 17 heavy (non-hydrogen) atoms. The van der Waals surface area contributed by atoms with Gasteiger partial charge in [0.05, 0.1) is 16.4 Å². The van der Waals surface area contributed by atoms with Crippen LogP contribution in [0.2, 0.25) is 5.02 Å². The van der Waals surface area contributed by atoms with E-state index in [1.807, 2.05) is 11.6 Å². The summed E-state index contributed by atoms with van der Waals surface area (Å²) < 4.78 is 2.05. The van der Waals surface area contributed by atoms with E-state index in [-0.39, 0.29) is 0 Å². The number of hydrogen-bond donors (Lipinski definition) is 1. The van der Waals surface area contributed by atoms with Crippen LogP contribution in [0.3, 0.4) is 0 Å². The highest BCUT2D eigenvalue weighted by molar-refractivity contribution is 6.31. The van der Waals surface area contributed by atoms with E-state index in [4.69, 9.17) is 11.6 Å². The van der Waals surface area contributed by atoms with Crippen LogP contribution in [0.25, 0.3) is 0 Å². The molecule has 0 radical (unpaired) electrons. The van der Waals surface area contributed by atoms with Crippen molar-refractivity contribution in [2.75, 3.05) is 6.54 Å². The largest absolute Gasteiger partial charge is 0.314 e.